The number of nitrogens with two attached hydrogens (primary N) is 1. The molecule has 1 heterocycles. The van der Waals surface area contributed by atoms with Crippen LogP contribution in [0.2, 0.25) is 0 Å². The van der Waals surface area contributed by atoms with E-state index in [4.69, 9.17) is 5.73 Å². The molecule has 0 aliphatic carbocycles. The number of aromatic nitrogens is 2. The molecule has 0 aliphatic heterocycles. The SMILES string of the molecule is CN(C)c1nc2c(N)cc(Br)cc2n1C. The van der Waals surface area contributed by atoms with Gasteiger partial charge < -0.3 is 15.2 Å². The number of hydrogen-bond acceptors (Lipinski definition) is 3. The standard InChI is InChI=1S/C10H13BrN4/c1-14(2)10-13-9-7(12)4-6(11)5-8(9)15(10)3/h4-5H,12H2,1-3H3. The maximum Gasteiger partial charge on any atom is 0.205 e. The summed E-state index contributed by atoms with van der Waals surface area (Å²) in [6, 6.07) is 3.89. The zero-order chi connectivity index (χ0) is 11.2. The van der Waals surface area contributed by atoms with Crippen molar-refractivity contribution in [3.8, 4) is 0 Å². The second-order valence-electron chi connectivity index (χ2n) is 3.73. The van der Waals surface area contributed by atoms with E-state index < -0.39 is 0 Å². The molecule has 0 radical (unpaired) electrons. The first-order chi connectivity index (χ1) is 7.00. The highest BCUT2D eigenvalue weighted by molar-refractivity contribution is 9.10. The lowest BCUT2D eigenvalue weighted by molar-refractivity contribution is 0.890. The normalized spacial score (nSPS) is 10.9. The van der Waals surface area contributed by atoms with Crippen LogP contribution in [-0.2, 0) is 7.05 Å². The Hall–Kier alpha value is -1.23. The molecule has 0 amide bonds. The zero-order valence-electron chi connectivity index (χ0n) is 8.95. The Kier molecular flexibility index (Phi) is 2.34. The van der Waals surface area contributed by atoms with Crippen LogP contribution in [0.15, 0.2) is 16.6 Å². The molecule has 80 valence electrons. The van der Waals surface area contributed by atoms with Crippen molar-refractivity contribution in [3.05, 3.63) is 16.6 Å². The number of imidazole rings is 1. The van der Waals surface area contributed by atoms with Gasteiger partial charge in [-0.2, -0.15) is 0 Å². The second-order valence-corrected chi connectivity index (χ2v) is 4.64. The molecule has 0 bridgehead atoms. The van der Waals surface area contributed by atoms with Crippen molar-refractivity contribution in [2.24, 2.45) is 7.05 Å². The van der Waals surface area contributed by atoms with Crippen molar-refractivity contribution >= 4 is 38.6 Å². The summed E-state index contributed by atoms with van der Waals surface area (Å²) < 4.78 is 3.00. The lowest BCUT2D eigenvalue weighted by Crippen LogP contribution is -2.13. The van der Waals surface area contributed by atoms with Gasteiger partial charge in [-0.15, -0.1) is 0 Å². The number of aryl methyl sites for hydroxylation is 1. The first kappa shape index (κ1) is 10.3. The number of benzene rings is 1. The first-order valence-corrected chi connectivity index (χ1v) is 5.39. The Bertz CT molecular complexity index is 516. The summed E-state index contributed by atoms with van der Waals surface area (Å²) in [6.45, 7) is 0. The van der Waals surface area contributed by atoms with E-state index in [0.717, 1.165) is 21.5 Å². The van der Waals surface area contributed by atoms with Crippen LogP contribution in [0, 0.1) is 0 Å². The van der Waals surface area contributed by atoms with Gasteiger partial charge in [0.1, 0.15) is 5.52 Å². The molecule has 1 aromatic carbocycles. The van der Waals surface area contributed by atoms with Gasteiger partial charge in [0.2, 0.25) is 5.95 Å². The van der Waals surface area contributed by atoms with E-state index >= 15 is 0 Å². The lowest BCUT2D eigenvalue weighted by Gasteiger charge is -2.10. The predicted molar refractivity (Wildman–Crippen MR) is 67.2 cm³/mol. The maximum absolute atomic E-state index is 5.92. The van der Waals surface area contributed by atoms with E-state index in [1.54, 1.807) is 0 Å². The topological polar surface area (TPSA) is 47.1 Å². The summed E-state index contributed by atoms with van der Waals surface area (Å²) >= 11 is 3.43. The van der Waals surface area contributed by atoms with Gasteiger partial charge >= 0.3 is 0 Å². The fourth-order valence-corrected chi connectivity index (χ4v) is 2.13. The number of rotatable bonds is 1. The molecule has 0 saturated heterocycles. The second kappa shape index (κ2) is 3.41. The number of anilines is 2. The minimum absolute atomic E-state index is 0.697. The molecule has 0 spiro atoms. The highest BCUT2D eigenvalue weighted by atomic mass is 79.9. The van der Waals surface area contributed by atoms with Crippen LogP contribution in [0.5, 0.6) is 0 Å². The number of nitrogens with zero attached hydrogens (tertiary/aromatic N) is 3. The third kappa shape index (κ3) is 1.56. The summed E-state index contributed by atoms with van der Waals surface area (Å²) in [7, 11) is 5.91. The fraction of sp³-hybridized carbons (Fsp3) is 0.300. The van der Waals surface area contributed by atoms with Crippen LogP contribution in [0.25, 0.3) is 11.0 Å². The van der Waals surface area contributed by atoms with Gasteiger partial charge in [-0.3, -0.25) is 0 Å². The lowest BCUT2D eigenvalue weighted by atomic mass is 10.3. The highest BCUT2D eigenvalue weighted by Crippen LogP contribution is 2.28. The number of nitrogen functional groups attached to an aromatic ring is 1. The van der Waals surface area contributed by atoms with Crippen molar-refractivity contribution in [2.45, 2.75) is 0 Å². The summed E-state index contributed by atoms with van der Waals surface area (Å²) in [5, 5.41) is 0. The summed E-state index contributed by atoms with van der Waals surface area (Å²) in [5.41, 5.74) is 8.50. The quantitative estimate of drug-likeness (QED) is 0.805. The minimum Gasteiger partial charge on any atom is -0.397 e. The van der Waals surface area contributed by atoms with E-state index in [0.29, 0.717) is 5.69 Å². The Morgan fingerprint density at radius 2 is 2.07 bits per heavy atom. The van der Waals surface area contributed by atoms with Crippen LogP contribution >= 0.6 is 15.9 Å². The van der Waals surface area contributed by atoms with Crippen LogP contribution < -0.4 is 10.6 Å². The average molecular weight is 269 g/mol. The molecule has 0 fully saturated rings. The van der Waals surface area contributed by atoms with Gasteiger partial charge in [0.25, 0.3) is 0 Å². The largest absolute Gasteiger partial charge is 0.397 e. The molecule has 15 heavy (non-hydrogen) atoms. The van der Waals surface area contributed by atoms with Crippen molar-refractivity contribution in [2.75, 3.05) is 24.7 Å². The average Bonchev–Trinajstić information content (AvgIpc) is 2.44. The Morgan fingerprint density at radius 1 is 1.40 bits per heavy atom. The van der Waals surface area contributed by atoms with E-state index in [1.165, 1.54) is 0 Å². The molecule has 2 N–H and O–H groups in total. The molecule has 2 aromatic rings. The summed E-state index contributed by atoms with van der Waals surface area (Å²) in [4.78, 5) is 6.46. The molecule has 4 nitrogen and oxygen atoms in total. The van der Waals surface area contributed by atoms with Crippen molar-refractivity contribution < 1.29 is 0 Å². The van der Waals surface area contributed by atoms with Crippen LogP contribution in [0.1, 0.15) is 0 Å². The van der Waals surface area contributed by atoms with E-state index in [9.17, 15) is 0 Å². The molecule has 0 aliphatic rings. The molecular formula is C10H13BrN4. The van der Waals surface area contributed by atoms with Gasteiger partial charge in [0.15, 0.2) is 0 Å². The maximum atomic E-state index is 5.92. The fourth-order valence-electron chi connectivity index (χ4n) is 1.67. The Morgan fingerprint density at radius 3 is 2.67 bits per heavy atom. The van der Waals surface area contributed by atoms with Crippen molar-refractivity contribution in [3.63, 3.8) is 0 Å². The Balaban J connectivity index is 2.82. The molecule has 0 saturated carbocycles. The van der Waals surface area contributed by atoms with Crippen LogP contribution in [0.3, 0.4) is 0 Å². The number of fused-ring (bicyclic) bond motifs is 1. The molecule has 0 unspecified atom stereocenters. The van der Waals surface area contributed by atoms with Gasteiger partial charge in [-0.25, -0.2) is 4.98 Å². The predicted octanol–water partition coefficient (Wildman–Crippen LogP) is 1.98. The van der Waals surface area contributed by atoms with E-state index in [1.807, 2.05) is 42.7 Å². The van der Waals surface area contributed by atoms with E-state index in [2.05, 4.69) is 20.9 Å². The summed E-state index contributed by atoms with van der Waals surface area (Å²) in [5.74, 6) is 0.898. The summed E-state index contributed by atoms with van der Waals surface area (Å²) in [6.07, 6.45) is 0. The highest BCUT2D eigenvalue weighted by Gasteiger charge is 2.11. The third-order valence-corrected chi connectivity index (χ3v) is 2.82. The molecule has 2 rings (SSSR count). The zero-order valence-corrected chi connectivity index (χ0v) is 10.5. The van der Waals surface area contributed by atoms with Gasteiger partial charge in [-0.05, 0) is 12.1 Å². The Labute approximate surface area is 96.8 Å². The molecule has 1 aromatic heterocycles. The van der Waals surface area contributed by atoms with Crippen LogP contribution in [0.4, 0.5) is 11.6 Å². The minimum atomic E-state index is 0.697. The van der Waals surface area contributed by atoms with Gasteiger partial charge in [0, 0.05) is 25.6 Å². The van der Waals surface area contributed by atoms with Crippen molar-refractivity contribution in [1.82, 2.24) is 9.55 Å². The van der Waals surface area contributed by atoms with Crippen molar-refractivity contribution in [1.29, 1.82) is 0 Å². The number of halogens is 1. The molecule has 0 atom stereocenters. The molecule has 5 heteroatoms. The number of hydrogen-bond donors (Lipinski definition) is 1. The van der Waals surface area contributed by atoms with Gasteiger partial charge in [0.05, 0.1) is 11.2 Å². The molecular weight excluding hydrogens is 256 g/mol. The van der Waals surface area contributed by atoms with Gasteiger partial charge in [-0.1, -0.05) is 15.9 Å². The monoisotopic (exact) mass is 268 g/mol. The van der Waals surface area contributed by atoms with E-state index in [-0.39, 0.29) is 0 Å². The van der Waals surface area contributed by atoms with Crippen LogP contribution in [-0.4, -0.2) is 23.6 Å². The third-order valence-electron chi connectivity index (χ3n) is 2.36. The smallest absolute Gasteiger partial charge is 0.205 e. The first-order valence-electron chi connectivity index (χ1n) is 4.59.